The molecule has 0 aromatic heterocycles. The molecule has 0 N–H and O–H groups in total. The molecule has 0 unspecified atom stereocenters. The molecule has 1 aliphatic heterocycles. The van der Waals surface area contributed by atoms with E-state index in [1.54, 1.807) is 13.0 Å². The van der Waals surface area contributed by atoms with Gasteiger partial charge in [0.1, 0.15) is 5.60 Å². The van der Waals surface area contributed by atoms with Gasteiger partial charge in [0.2, 0.25) is 0 Å². The monoisotopic (exact) mass is 208 g/mol. The van der Waals surface area contributed by atoms with Crippen LogP contribution in [0.15, 0.2) is 12.2 Å². The molecular weight excluding hydrogens is 188 g/mol. The van der Waals surface area contributed by atoms with Gasteiger partial charge in [-0.25, -0.2) is 0 Å². The first-order chi connectivity index (χ1) is 6.83. The summed E-state index contributed by atoms with van der Waals surface area (Å²) in [5.41, 5.74) is -0.0728. The summed E-state index contributed by atoms with van der Waals surface area (Å²) in [7, 11) is 0. The number of hydrogen-bond acceptors (Lipinski definition) is 2. The van der Waals surface area contributed by atoms with E-state index in [-0.39, 0.29) is 22.4 Å². The minimum Gasteiger partial charge on any atom is -0.358 e. The fourth-order valence-corrected chi connectivity index (χ4v) is 3.14. The molecule has 1 saturated carbocycles. The Morgan fingerprint density at radius 3 is 2.47 bits per heavy atom. The highest BCUT2D eigenvalue weighted by Gasteiger charge is 2.73. The number of allylic oxidation sites excluding steroid dienone is 1. The van der Waals surface area contributed by atoms with Crippen LogP contribution in [0.3, 0.4) is 0 Å². The molecule has 1 aliphatic carbocycles. The minimum atomic E-state index is -0.191. The lowest BCUT2D eigenvalue weighted by atomic mass is 9.64. The first-order valence-corrected chi connectivity index (χ1v) is 5.73. The Bertz CT molecular complexity index is 329. The maximum atomic E-state index is 11.0. The van der Waals surface area contributed by atoms with Gasteiger partial charge < -0.3 is 4.74 Å². The van der Waals surface area contributed by atoms with Crippen molar-refractivity contribution < 1.29 is 9.53 Å². The van der Waals surface area contributed by atoms with Crippen molar-refractivity contribution >= 4 is 5.78 Å². The van der Waals surface area contributed by atoms with Crippen LogP contribution in [0.1, 0.15) is 47.0 Å². The van der Waals surface area contributed by atoms with Crippen molar-refractivity contribution in [3.8, 4) is 0 Å². The summed E-state index contributed by atoms with van der Waals surface area (Å²) >= 11 is 0. The minimum absolute atomic E-state index is 0.0271. The number of hydrogen-bond donors (Lipinski definition) is 0. The van der Waals surface area contributed by atoms with Gasteiger partial charge in [-0.3, -0.25) is 4.79 Å². The molecule has 2 fully saturated rings. The largest absolute Gasteiger partial charge is 0.358 e. The molecule has 15 heavy (non-hydrogen) atoms. The molecule has 2 nitrogen and oxygen atoms in total. The average Bonchev–Trinajstić information content (AvgIpc) is 2.70. The molecule has 0 amide bonds. The summed E-state index contributed by atoms with van der Waals surface area (Å²) in [5, 5.41) is 0. The highest BCUT2D eigenvalue weighted by atomic mass is 16.6. The van der Waals surface area contributed by atoms with E-state index in [1.165, 1.54) is 12.8 Å². The summed E-state index contributed by atoms with van der Waals surface area (Å²) in [6, 6.07) is 0. The van der Waals surface area contributed by atoms with E-state index >= 15 is 0 Å². The lowest BCUT2D eigenvalue weighted by molar-refractivity contribution is -0.112. The van der Waals surface area contributed by atoms with Gasteiger partial charge >= 0.3 is 0 Å². The van der Waals surface area contributed by atoms with Crippen LogP contribution >= 0.6 is 0 Å². The maximum absolute atomic E-state index is 11.0. The molecule has 0 radical (unpaired) electrons. The lowest BCUT2D eigenvalue weighted by Gasteiger charge is -2.36. The molecule has 0 bridgehead atoms. The van der Waals surface area contributed by atoms with E-state index in [9.17, 15) is 4.79 Å². The normalized spacial score (nSPS) is 42.7. The molecule has 84 valence electrons. The second-order valence-corrected chi connectivity index (χ2v) is 5.75. The third-order valence-electron chi connectivity index (χ3n) is 4.14. The number of carbonyl (C=O) groups is 1. The third-order valence-corrected chi connectivity index (χ3v) is 4.14. The Labute approximate surface area is 91.7 Å². The van der Waals surface area contributed by atoms with Crippen molar-refractivity contribution in [1.29, 1.82) is 0 Å². The van der Waals surface area contributed by atoms with Gasteiger partial charge in [-0.1, -0.05) is 13.8 Å². The van der Waals surface area contributed by atoms with Crippen LogP contribution < -0.4 is 0 Å². The number of rotatable bonds is 2. The van der Waals surface area contributed by atoms with E-state index < -0.39 is 0 Å². The van der Waals surface area contributed by atoms with Gasteiger partial charge in [-0.2, -0.15) is 0 Å². The molecule has 2 rings (SSSR count). The summed E-state index contributed by atoms with van der Waals surface area (Å²) in [6.07, 6.45) is 7.16. The van der Waals surface area contributed by atoms with Crippen LogP contribution in [-0.4, -0.2) is 17.0 Å². The third kappa shape index (κ3) is 1.38. The predicted molar refractivity (Wildman–Crippen MR) is 59.7 cm³/mol. The summed E-state index contributed by atoms with van der Waals surface area (Å²) in [6.45, 7) is 8.23. The zero-order valence-corrected chi connectivity index (χ0v) is 10.1. The van der Waals surface area contributed by atoms with Crippen molar-refractivity contribution in [2.75, 3.05) is 0 Å². The first kappa shape index (κ1) is 10.9. The lowest BCUT2D eigenvalue weighted by Crippen LogP contribution is -2.41. The van der Waals surface area contributed by atoms with Gasteiger partial charge in [-0.15, -0.1) is 0 Å². The smallest absolute Gasteiger partial charge is 0.152 e. The fourth-order valence-electron chi connectivity index (χ4n) is 3.14. The van der Waals surface area contributed by atoms with Crippen LogP contribution in [0.25, 0.3) is 0 Å². The molecule has 0 aromatic rings. The molecule has 0 aromatic carbocycles. The van der Waals surface area contributed by atoms with Crippen molar-refractivity contribution in [2.45, 2.75) is 58.2 Å². The predicted octanol–water partition coefficient (Wildman–Crippen LogP) is 2.87. The average molecular weight is 208 g/mol. The molecule has 1 heterocycles. The van der Waals surface area contributed by atoms with Crippen LogP contribution in [0.5, 0.6) is 0 Å². The second-order valence-electron chi connectivity index (χ2n) is 5.75. The standard InChI is InChI=1S/C13H20O2/c1-10(14)6-9-13-11(2,3)7-5-8-12(13,4)15-13/h6,9H,5,7-8H2,1-4H3/b9-6+/t12-,13-/m1/s1. The number of ether oxygens (including phenoxy) is 1. The SMILES string of the molecule is CC(=O)/C=C/[C@]12O[C@]1(C)CCCC2(C)C. The molecule has 0 spiro atoms. The summed E-state index contributed by atoms with van der Waals surface area (Å²) in [5.74, 6) is 0.101. The van der Waals surface area contributed by atoms with Crippen molar-refractivity contribution in [1.82, 2.24) is 0 Å². The molecule has 1 saturated heterocycles. The number of carbonyl (C=O) groups excluding carboxylic acids is 1. The second kappa shape index (κ2) is 2.94. The van der Waals surface area contributed by atoms with E-state index in [1.807, 2.05) is 6.08 Å². The highest BCUT2D eigenvalue weighted by Crippen LogP contribution is 2.65. The van der Waals surface area contributed by atoms with Crippen molar-refractivity contribution in [3.05, 3.63) is 12.2 Å². The zero-order chi connectivity index (χ0) is 11.3. The molecule has 2 heteroatoms. The summed E-state index contributed by atoms with van der Waals surface area (Å²) < 4.78 is 5.98. The Morgan fingerprint density at radius 2 is 1.93 bits per heavy atom. The number of epoxide rings is 1. The fraction of sp³-hybridized carbons (Fsp3) is 0.769. The number of fused-ring (bicyclic) bond motifs is 1. The van der Waals surface area contributed by atoms with Crippen LogP contribution in [0, 0.1) is 5.41 Å². The Kier molecular flexibility index (Phi) is 2.13. The summed E-state index contributed by atoms with van der Waals surface area (Å²) in [4.78, 5) is 11.0. The Hall–Kier alpha value is -0.630. The Morgan fingerprint density at radius 1 is 1.27 bits per heavy atom. The van der Waals surface area contributed by atoms with Crippen LogP contribution in [0.4, 0.5) is 0 Å². The molecule has 2 atom stereocenters. The first-order valence-electron chi connectivity index (χ1n) is 5.73. The van der Waals surface area contributed by atoms with E-state index in [2.05, 4.69) is 20.8 Å². The quantitative estimate of drug-likeness (QED) is 0.516. The maximum Gasteiger partial charge on any atom is 0.152 e. The van der Waals surface area contributed by atoms with Crippen molar-refractivity contribution in [2.24, 2.45) is 5.41 Å². The zero-order valence-electron chi connectivity index (χ0n) is 10.1. The van der Waals surface area contributed by atoms with Crippen molar-refractivity contribution in [3.63, 3.8) is 0 Å². The highest BCUT2D eigenvalue weighted by molar-refractivity contribution is 5.87. The number of ketones is 1. The van der Waals surface area contributed by atoms with Crippen LogP contribution in [-0.2, 0) is 9.53 Å². The topological polar surface area (TPSA) is 29.6 Å². The van der Waals surface area contributed by atoms with Gasteiger partial charge in [0.05, 0.1) is 5.60 Å². The molecule has 2 aliphatic rings. The Balaban J connectivity index is 2.29. The van der Waals surface area contributed by atoms with E-state index in [4.69, 9.17) is 4.74 Å². The van der Waals surface area contributed by atoms with Gasteiger partial charge in [0.25, 0.3) is 0 Å². The molecular formula is C13H20O2. The van der Waals surface area contributed by atoms with Gasteiger partial charge in [0.15, 0.2) is 5.78 Å². The van der Waals surface area contributed by atoms with Gasteiger partial charge in [-0.05, 0) is 45.3 Å². The van der Waals surface area contributed by atoms with E-state index in [0.717, 1.165) is 6.42 Å². The van der Waals surface area contributed by atoms with Gasteiger partial charge in [0, 0.05) is 5.41 Å². The van der Waals surface area contributed by atoms with E-state index in [0.29, 0.717) is 0 Å². The van der Waals surface area contributed by atoms with Crippen LogP contribution in [0.2, 0.25) is 0 Å².